The summed E-state index contributed by atoms with van der Waals surface area (Å²) in [7, 11) is 1.14. The average molecular weight is 232 g/mol. The van der Waals surface area contributed by atoms with Gasteiger partial charge >= 0.3 is 5.97 Å². The molecule has 0 fully saturated rings. The molecule has 90 valence electrons. The van der Waals surface area contributed by atoms with Gasteiger partial charge in [-0.3, -0.25) is 4.79 Å². The number of esters is 1. The molecule has 7 nitrogen and oxygen atoms in total. The van der Waals surface area contributed by atoms with Crippen molar-refractivity contribution in [2.75, 3.05) is 13.7 Å². The van der Waals surface area contributed by atoms with E-state index in [1.54, 1.807) is 0 Å². The summed E-state index contributed by atoms with van der Waals surface area (Å²) in [6, 6.07) is -1.13. The summed E-state index contributed by atoms with van der Waals surface area (Å²) in [5.74, 6) is -1.27. The highest BCUT2D eigenvalue weighted by molar-refractivity contribution is 5.98. The second-order valence-corrected chi connectivity index (χ2v) is 3.34. The van der Waals surface area contributed by atoms with Gasteiger partial charge < -0.3 is 25.0 Å². The number of carbonyl (C=O) groups is 2. The van der Waals surface area contributed by atoms with Crippen LogP contribution in [0.2, 0.25) is 0 Å². The lowest BCUT2D eigenvalue weighted by molar-refractivity contribution is -0.156. The quantitative estimate of drug-likeness (QED) is 0.312. The van der Waals surface area contributed by atoms with Crippen LogP contribution in [-0.2, 0) is 14.3 Å². The van der Waals surface area contributed by atoms with Crippen molar-refractivity contribution in [2.45, 2.75) is 18.4 Å². The monoisotopic (exact) mass is 232 g/mol. The Morgan fingerprint density at radius 1 is 1.69 bits per heavy atom. The molecule has 1 aliphatic heterocycles. The fourth-order valence-corrected chi connectivity index (χ4v) is 1.47. The predicted molar refractivity (Wildman–Crippen MR) is 52.3 cm³/mol. The summed E-state index contributed by atoms with van der Waals surface area (Å²) < 4.78 is 4.47. The molecule has 0 amide bonds. The van der Waals surface area contributed by atoms with Crippen molar-refractivity contribution in [1.29, 1.82) is 0 Å². The largest absolute Gasteiger partial charge is 0.467 e. The first-order chi connectivity index (χ1) is 7.47. The van der Waals surface area contributed by atoms with Crippen molar-refractivity contribution in [3.63, 3.8) is 0 Å². The van der Waals surface area contributed by atoms with E-state index in [9.17, 15) is 9.59 Å². The molecule has 0 radical (unpaired) electrons. The molecule has 0 saturated heterocycles. The summed E-state index contributed by atoms with van der Waals surface area (Å²) in [5, 5.41) is 25.2. The predicted octanol–water partition coefficient (Wildman–Crippen LogP) is -2.67. The smallest absolute Gasteiger partial charge is 0.337 e. The van der Waals surface area contributed by atoms with Crippen LogP contribution in [-0.4, -0.2) is 64.1 Å². The number of nitrogens with zero attached hydrogens (tertiary/aromatic N) is 1. The van der Waals surface area contributed by atoms with Gasteiger partial charge in [-0.2, -0.15) is 0 Å². The molecule has 0 aliphatic carbocycles. The molecule has 0 aromatic rings. The maximum absolute atomic E-state index is 11.4. The third-order valence-electron chi connectivity index (χ3n) is 2.23. The van der Waals surface area contributed by atoms with Gasteiger partial charge in [0.05, 0.1) is 13.7 Å². The number of ether oxygens (including phenoxy) is 1. The maximum Gasteiger partial charge on any atom is 0.337 e. The lowest BCUT2D eigenvalue weighted by atomic mass is 10.0. The topological polar surface area (TPSA) is 110 Å². The number of carbonyl (C=O) groups excluding carboxylic acids is 2. The Bertz CT molecular complexity index is 313. The number of β-amino-alcohol motifs (C(OH)–C–C–N with tert-alkyl or cyclic N) is 2. The highest BCUT2D eigenvalue weighted by Gasteiger charge is 2.42. The van der Waals surface area contributed by atoms with Gasteiger partial charge in [-0.1, -0.05) is 0 Å². The minimum atomic E-state index is -1.66. The fourth-order valence-electron chi connectivity index (χ4n) is 1.47. The number of hydrogen-bond acceptors (Lipinski definition) is 6. The second kappa shape index (κ2) is 5.06. The van der Waals surface area contributed by atoms with E-state index in [1.165, 1.54) is 11.1 Å². The first-order valence-corrected chi connectivity index (χ1v) is 4.60. The van der Waals surface area contributed by atoms with Gasteiger partial charge in [0.25, 0.3) is 0 Å². The number of aliphatic hydroxyl groups is 2. The molecule has 2 unspecified atom stereocenters. The van der Waals surface area contributed by atoms with Gasteiger partial charge in [-0.25, -0.2) is 4.79 Å². The van der Waals surface area contributed by atoms with Crippen LogP contribution >= 0.6 is 0 Å². The fraction of sp³-hybridized carbons (Fsp3) is 0.556. The first kappa shape index (κ1) is 12.6. The van der Waals surface area contributed by atoms with Crippen molar-refractivity contribution in [3.8, 4) is 0 Å². The van der Waals surface area contributed by atoms with E-state index in [1.807, 2.05) is 0 Å². The van der Waals surface area contributed by atoms with Crippen LogP contribution in [0.3, 0.4) is 0 Å². The van der Waals surface area contributed by atoms with Crippen molar-refractivity contribution in [3.05, 3.63) is 12.3 Å². The molecular weight excluding hydrogens is 218 g/mol. The molecule has 7 heteroatoms. The Hall–Kier alpha value is -1.44. The van der Waals surface area contributed by atoms with Crippen molar-refractivity contribution < 1.29 is 29.6 Å². The summed E-state index contributed by atoms with van der Waals surface area (Å²) >= 11 is 0. The van der Waals surface area contributed by atoms with Crippen LogP contribution in [0.4, 0.5) is 0 Å². The number of hydrogen-bond donors (Lipinski definition) is 2. The lowest BCUT2D eigenvalue weighted by Crippen LogP contribution is -2.54. The molecule has 0 saturated carbocycles. The Kier molecular flexibility index (Phi) is 3.99. The van der Waals surface area contributed by atoms with Crippen LogP contribution in [0.5, 0.6) is 0 Å². The number of ketones is 1. The van der Waals surface area contributed by atoms with Gasteiger partial charge in [-0.15, -0.1) is 0 Å². The highest BCUT2D eigenvalue weighted by atomic mass is 16.5. The normalized spacial score (nSPS) is 25.1. The minimum absolute atomic E-state index is 0.265. The molecule has 1 rings (SSSR count). The Morgan fingerprint density at radius 2 is 2.31 bits per heavy atom. The zero-order valence-corrected chi connectivity index (χ0v) is 8.66. The van der Waals surface area contributed by atoms with E-state index >= 15 is 0 Å². The van der Waals surface area contributed by atoms with Gasteiger partial charge in [0.15, 0.2) is 6.29 Å². The van der Waals surface area contributed by atoms with E-state index in [0.717, 1.165) is 13.2 Å². The van der Waals surface area contributed by atoms with Crippen molar-refractivity contribution in [1.82, 2.24) is 4.90 Å². The Labute approximate surface area is 91.5 Å². The minimum Gasteiger partial charge on any atom is -0.467 e. The zero-order valence-electron chi connectivity index (χ0n) is 8.66. The van der Waals surface area contributed by atoms with E-state index in [4.69, 9.17) is 15.3 Å². The second-order valence-electron chi connectivity index (χ2n) is 3.34. The van der Waals surface area contributed by atoms with Gasteiger partial charge in [0.2, 0.25) is 17.9 Å². The number of aliphatic hydroxyl groups excluding tert-OH is 1. The lowest BCUT2D eigenvalue weighted by Gasteiger charge is -2.31. The Morgan fingerprint density at radius 3 is 2.81 bits per heavy atom. The van der Waals surface area contributed by atoms with Crippen LogP contribution in [0.25, 0.3) is 0 Å². The van der Waals surface area contributed by atoms with E-state index in [0.29, 0.717) is 0 Å². The molecule has 1 aliphatic rings. The summed E-state index contributed by atoms with van der Waals surface area (Å²) in [6.45, 7) is -0.265. The van der Waals surface area contributed by atoms with E-state index in [2.05, 4.69) is 4.74 Å². The summed E-state index contributed by atoms with van der Waals surface area (Å²) in [4.78, 5) is 23.8. The number of methoxy groups -OCH3 is 1. The van der Waals surface area contributed by atoms with Crippen LogP contribution < -0.4 is 0 Å². The molecular formula is C9H14NO6+. The molecule has 0 aromatic heterocycles. The van der Waals surface area contributed by atoms with Crippen LogP contribution in [0.1, 0.15) is 0 Å². The van der Waals surface area contributed by atoms with Crippen LogP contribution in [0.15, 0.2) is 12.3 Å². The molecule has 0 aromatic carbocycles. The maximum atomic E-state index is 11.4. The standard InChI is InChI=1S/C9H13NO6/c1-16-9(15)7-8(14)5(11)2-3-10(7)4-6(12)13/h2-3,6-8,12-14H,4H2,1H3/p+1. The molecule has 0 spiro atoms. The molecule has 4 N–H and O–H groups in total. The average Bonchev–Trinajstić information content (AvgIpc) is 2.22. The molecule has 0 bridgehead atoms. The molecule has 1 heterocycles. The van der Waals surface area contributed by atoms with Gasteiger partial charge in [-0.05, 0) is 0 Å². The van der Waals surface area contributed by atoms with Crippen molar-refractivity contribution >= 4 is 11.8 Å². The summed E-state index contributed by atoms with van der Waals surface area (Å²) in [5.41, 5.74) is 0. The zero-order chi connectivity index (χ0) is 12.3. The van der Waals surface area contributed by atoms with E-state index < -0.39 is 30.2 Å². The van der Waals surface area contributed by atoms with Crippen LogP contribution in [0, 0.1) is 0 Å². The van der Waals surface area contributed by atoms with Gasteiger partial charge in [0.1, 0.15) is 0 Å². The third kappa shape index (κ3) is 2.57. The van der Waals surface area contributed by atoms with E-state index in [-0.39, 0.29) is 6.54 Å². The first-order valence-electron chi connectivity index (χ1n) is 4.60. The number of rotatable bonds is 3. The summed E-state index contributed by atoms with van der Waals surface area (Å²) in [6.07, 6.45) is -0.582. The Balaban J connectivity index is 2.91. The molecule has 16 heavy (non-hydrogen) atoms. The molecule has 2 atom stereocenters. The highest BCUT2D eigenvalue weighted by Crippen LogP contribution is 2.15. The van der Waals surface area contributed by atoms with Crippen molar-refractivity contribution in [2.24, 2.45) is 0 Å². The SMILES string of the molecule is COC(=O)C1C([OH2+])C(=O)C=CN1CC(O)O. The third-order valence-corrected chi connectivity index (χ3v) is 2.23. The van der Waals surface area contributed by atoms with Gasteiger partial charge in [0, 0.05) is 12.3 Å².